The van der Waals surface area contributed by atoms with Crippen molar-refractivity contribution in [1.29, 1.82) is 0 Å². The lowest BCUT2D eigenvalue weighted by Gasteiger charge is -2.14. The first-order chi connectivity index (χ1) is 6.61. The molecule has 4 heteroatoms. The lowest BCUT2D eigenvalue weighted by Crippen LogP contribution is -2.24. The van der Waals surface area contributed by atoms with Crippen LogP contribution in [0.3, 0.4) is 0 Å². The number of aliphatic imine (C=N–C) groups is 1. The van der Waals surface area contributed by atoms with Crippen molar-refractivity contribution in [3.05, 3.63) is 35.6 Å². The van der Waals surface area contributed by atoms with Crippen LogP contribution in [0.25, 0.3) is 0 Å². The zero-order valence-electron chi connectivity index (χ0n) is 7.46. The van der Waals surface area contributed by atoms with E-state index in [9.17, 15) is 4.79 Å². The quantitative estimate of drug-likeness (QED) is 0.649. The van der Waals surface area contributed by atoms with E-state index >= 15 is 0 Å². The molecule has 3 nitrogen and oxygen atoms in total. The zero-order valence-corrected chi connectivity index (χ0v) is 8.21. The fourth-order valence-electron chi connectivity index (χ4n) is 1.67. The minimum Gasteiger partial charge on any atom is -0.364 e. The van der Waals surface area contributed by atoms with Crippen molar-refractivity contribution in [3.63, 3.8) is 0 Å². The fourth-order valence-corrected chi connectivity index (χ4v) is 2.01. The van der Waals surface area contributed by atoms with Gasteiger partial charge in [-0.05, 0) is 6.42 Å². The van der Waals surface area contributed by atoms with Crippen molar-refractivity contribution >= 4 is 23.2 Å². The van der Waals surface area contributed by atoms with E-state index in [-0.39, 0.29) is 11.1 Å². The van der Waals surface area contributed by atoms with E-state index in [4.69, 9.17) is 17.3 Å². The van der Waals surface area contributed by atoms with Crippen molar-refractivity contribution in [2.45, 2.75) is 11.8 Å². The van der Waals surface area contributed by atoms with Gasteiger partial charge in [-0.2, -0.15) is 0 Å². The summed E-state index contributed by atoms with van der Waals surface area (Å²) in [5.74, 6) is -0.536. The number of halogens is 1. The molecule has 0 radical (unpaired) electrons. The third kappa shape index (κ3) is 1.21. The van der Waals surface area contributed by atoms with Gasteiger partial charge in [-0.25, -0.2) is 4.99 Å². The number of allylic oxidation sites excluding steroid dienone is 3. The second kappa shape index (κ2) is 3.10. The van der Waals surface area contributed by atoms with Crippen LogP contribution < -0.4 is 5.73 Å². The highest BCUT2D eigenvalue weighted by Crippen LogP contribution is 2.34. The van der Waals surface area contributed by atoms with Gasteiger partial charge in [0.05, 0.1) is 11.1 Å². The molecule has 0 bridgehead atoms. The number of nitrogens with zero attached hydrogens (tertiary/aromatic N) is 1. The second-order valence-corrected chi connectivity index (χ2v) is 3.73. The Morgan fingerprint density at radius 2 is 2.43 bits per heavy atom. The third-order valence-corrected chi connectivity index (χ3v) is 2.67. The molecule has 1 aliphatic carbocycles. The number of primary amides is 1. The second-order valence-electron chi connectivity index (χ2n) is 3.20. The highest BCUT2D eigenvalue weighted by molar-refractivity contribution is 6.47. The maximum atomic E-state index is 11.0. The van der Waals surface area contributed by atoms with E-state index in [1.54, 1.807) is 0 Å². The van der Waals surface area contributed by atoms with Gasteiger partial charge >= 0.3 is 0 Å². The molecular weight excluding hydrogens is 200 g/mol. The summed E-state index contributed by atoms with van der Waals surface area (Å²) in [6, 6.07) is 0. The van der Waals surface area contributed by atoms with Gasteiger partial charge in [-0.15, -0.1) is 11.6 Å². The lowest BCUT2D eigenvalue weighted by molar-refractivity contribution is -0.111. The van der Waals surface area contributed by atoms with Crippen LogP contribution in [0.5, 0.6) is 0 Å². The number of amides is 1. The lowest BCUT2D eigenvalue weighted by atomic mass is 9.95. The normalized spacial score (nSPS) is 25.1. The highest BCUT2D eigenvalue weighted by Gasteiger charge is 2.30. The summed E-state index contributed by atoms with van der Waals surface area (Å²) < 4.78 is 0. The summed E-state index contributed by atoms with van der Waals surface area (Å²) in [5, 5.41) is -0.150. The number of nitrogens with two attached hydrogens (primary N) is 1. The predicted molar refractivity (Wildman–Crippen MR) is 56.2 cm³/mol. The fraction of sp³-hybridized carbons (Fsp3) is 0.200. The van der Waals surface area contributed by atoms with Crippen molar-refractivity contribution in [2.24, 2.45) is 10.7 Å². The van der Waals surface area contributed by atoms with Crippen molar-refractivity contribution in [3.8, 4) is 0 Å². The number of carbonyl (C=O) groups excluding carboxylic acids is 1. The molecule has 0 aromatic heterocycles. The Morgan fingerprint density at radius 3 is 3.07 bits per heavy atom. The number of rotatable bonds is 1. The molecule has 0 fully saturated rings. The van der Waals surface area contributed by atoms with Gasteiger partial charge in [-0.1, -0.05) is 18.7 Å². The Kier molecular flexibility index (Phi) is 2.04. The van der Waals surface area contributed by atoms with E-state index in [2.05, 4.69) is 11.6 Å². The Bertz CT molecular complexity index is 418. The topological polar surface area (TPSA) is 55.4 Å². The summed E-state index contributed by atoms with van der Waals surface area (Å²) in [4.78, 5) is 15.1. The number of hydrogen-bond donors (Lipinski definition) is 1. The first-order valence-electron chi connectivity index (χ1n) is 4.24. The van der Waals surface area contributed by atoms with Crippen LogP contribution in [0.2, 0.25) is 0 Å². The summed E-state index contributed by atoms with van der Waals surface area (Å²) in [5.41, 5.74) is 7.58. The molecule has 0 aromatic carbocycles. The summed E-state index contributed by atoms with van der Waals surface area (Å²) >= 11 is 6.09. The maximum absolute atomic E-state index is 11.0. The molecule has 0 spiro atoms. The molecule has 1 heterocycles. The standard InChI is InChI=1S/C10H9ClN2O/c1-5-8-6(3-2-4-7(8)11)9(13-5)10(12)14/h2-3,7H,1,4H2,(H2,12,14). The maximum Gasteiger partial charge on any atom is 0.267 e. The molecule has 0 saturated carbocycles. The van der Waals surface area contributed by atoms with Gasteiger partial charge in [0.1, 0.15) is 5.71 Å². The first kappa shape index (κ1) is 9.21. The SMILES string of the molecule is C=C1N=C(C(N)=O)C2=C1C(Cl)CC=C2. The van der Waals surface area contributed by atoms with Crippen LogP contribution in [-0.2, 0) is 4.79 Å². The van der Waals surface area contributed by atoms with Gasteiger partial charge in [0.2, 0.25) is 0 Å². The number of alkyl halides is 1. The molecule has 1 atom stereocenters. The molecule has 1 aliphatic heterocycles. The van der Waals surface area contributed by atoms with Crippen molar-refractivity contribution in [2.75, 3.05) is 0 Å². The highest BCUT2D eigenvalue weighted by atomic mass is 35.5. The van der Waals surface area contributed by atoms with Gasteiger partial charge in [0, 0.05) is 11.1 Å². The monoisotopic (exact) mass is 208 g/mol. The van der Waals surface area contributed by atoms with Crippen molar-refractivity contribution < 1.29 is 4.79 Å². The van der Waals surface area contributed by atoms with Crippen LogP contribution in [0, 0.1) is 0 Å². The Labute approximate surface area is 86.6 Å². The summed E-state index contributed by atoms with van der Waals surface area (Å²) in [6.07, 6.45) is 4.48. The summed E-state index contributed by atoms with van der Waals surface area (Å²) in [6.45, 7) is 3.75. The van der Waals surface area contributed by atoms with Gasteiger partial charge in [0.25, 0.3) is 5.91 Å². The largest absolute Gasteiger partial charge is 0.364 e. The minimum atomic E-state index is -0.536. The first-order valence-corrected chi connectivity index (χ1v) is 4.68. The number of hydrogen-bond acceptors (Lipinski definition) is 2. The van der Waals surface area contributed by atoms with E-state index in [1.807, 2.05) is 12.2 Å². The van der Waals surface area contributed by atoms with Crippen LogP contribution >= 0.6 is 11.6 Å². The van der Waals surface area contributed by atoms with Gasteiger partial charge in [0.15, 0.2) is 0 Å². The molecule has 72 valence electrons. The van der Waals surface area contributed by atoms with Crippen LogP contribution in [0.4, 0.5) is 0 Å². The molecular formula is C10H9ClN2O. The van der Waals surface area contributed by atoms with E-state index in [0.29, 0.717) is 5.70 Å². The molecule has 0 saturated heterocycles. The zero-order chi connectivity index (χ0) is 10.3. The molecule has 2 N–H and O–H groups in total. The Hall–Kier alpha value is -1.35. The predicted octanol–water partition coefficient (Wildman–Crippen LogP) is 1.30. The smallest absolute Gasteiger partial charge is 0.267 e. The van der Waals surface area contributed by atoms with E-state index in [0.717, 1.165) is 17.6 Å². The van der Waals surface area contributed by atoms with Gasteiger partial charge < -0.3 is 5.73 Å². The number of carbonyl (C=O) groups is 1. The van der Waals surface area contributed by atoms with E-state index in [1.165, 1.54) is 0 Å². The van der Waals surface area contributed by atoms with Crippen LogP contribution in [0.15, 0.2) is 40.6 Å². The van der Waals surface area contributed by atoms with Crippen LogP contribution in [0.1, 0.15) is 6.42 Å². The average molecular weight is 209 g/mol. The molecule has 0 aromatic rings. The molecule has 14 heavy (non-hydrogen) atoms. The minimum absolute atomic E-state index is 0.150. The van der Waals surface area contributed by atoms with E-state index < -0.39 is 5.91 Å². The molecule has 1 unspecified atom stereocenters. The summed E-state index contributed by atoms with van der Waals surface area (Å²) in [7, 11) is 0. The van der Waals surface area contributed by atoms with Crippen LogP contribution in [-0.4, -0.2) is 17.0 Å². The van der Waals surface area contributed by atoms with Gasteiger partial charge in [-0.3, -0.25) is 4.79 Å². The van der Waals surface area contributed by atoms with Crippen molar-refractivity contribution in [1.82, 2.24) is 0 Å². The molecule has 2 aliphatic rings. The molecule has 1 amide bonds. The Balaban J connectivity index is 2.52. The third-order valence-electron chi connectivity index (χ3n) is 2.28. The average Bonchev–Trinajstić information content (AvgIpc) is 2.45. The Morgan fingerprint density at radius 1 is 1.71 bits per heavy atom. The molecule has 2 rings (SSSR count).